The van der Waals surface area contributed by atoms with E-state index in [1.165, 1.54) is 0 Å². The first kappa shape index (κ1) is 58.3. The van der Waals surface area contributed by atoms with E-state index < -0.39 is 86.9 Å². The first-order valence-corrected chi connectivity index (χ1v) is 24.1. The Labute approximate surface area is 456 Å². The monoisotopic (exact) mass is 1130 g/mol. The maximum atomic E-state index is 14.0. The average Bonchev–Trinajstić information content (AvgIpc) is 2.26. The van der Waals surface area contributed by atoms with Crippen LogP contribution in [0.5, 0.6) is 0 Å². The van der Waals surface area contributed by atoms with Crippen LogP contribution < -0.4 is 11.5 Å². The molecule has 1 aromatic heterocycles. The molecule has 0 spiro atoms. The molecule has 0 aliphatic carbocycles. The van der Waals surface area contributed by atoms with Crippen LogP contribution in [-0.4, -0.2) is 32.6 Å². The molecule has 0 saturated heterocycles. The summed E-state index contributed by atoms with van der Waals surface area (Å²) >= 11 is 0. The number of anilines is 2. The lowest BCUT2D eigenvalue weighted by atomic mass is 9.97. The van der Waals surface area contributed by atoms with Gasteiger partial charge in [-0.05, 0) is 91.6 Å². The van der Waals surface area contributed by atoms with E-state index in [0.29, 0.717) is 34.4 Å². The molecule has 1 heterocycles. The number of aliphatic carboxylic acids is 1. The van der Waals surface area contributed by atoms with Gasteiger partial charge in [-0.25, -0.2) is 9.97 Å². The van der Waals surface area contributed by atoms with Crippen molar-refractivity contribution in [1.82, 2.24) is 9.97 Å². The summed E-state index contributed by atoms with van der Waals surface area (Å²) in [4.78, 5) is 42.9. The molecule has 0 fully saturated rings. The van der Waals surface area contributed by atoms with Crippen molar-refractivity contribution in [3.63, 3.8) is 0 Å². The summed E-state index contributed by atoms with van der Waals surface area (Å²) in [5, 5.41) is 14.9. The number of rotatable bonds is 5. The minimum atomic E-state index is -5.07. The largest absolute Gasteiger partial charge is 0.481 e. The van der Waals surface area contributed by atoms with Crippen molar-refractivity contribution in [1.29, 1.82) is 0 Å². The molecule has 82 heavy (non-hydrogen) atoms. The molecule has 10 aromatic carbocycles. The maximum Gasteiger partial charge on any atom is 0.418 e. The van der Waals surface area contributed by atoms with Crippen LogP contribution in [0.4, 0.5) is 64.1 Å². The van der Waals surface area contributed by atoms with Gasteiger partial charge in [0.15, 0.2) is 0 Å². The van der Waals surface area contributed by atoms with Gasteiger partial charge in [-0.3, -0.25) is 14.4 Å². The highest BCUT2D eigenvalue weighted by Gasteiger charge is 2.40. The number of Topliss-reactive ketones (excluding diaryl/α,β-unsaturated/α-hetero) is 2. The Morgan fingerprint density at radius 1 is 0.390 bits per heavy atom. The number of aromatic nitrogens is 2. The number of carboxylic acid groups (broad SMARTS) is 1. The van der Waals surface area contributed by atoms with Crippen molar-refractivity contribution in [3.05, 3.63) is 228 Å². The molecule has 0 bridgehead atoms. The Kier molecular flexibility index (Phi) is 16.4. The van der Waals surface area contributed by atoms with Crippen LogP contribution in [0.25, 0.3) is 76.6 Å². The number of nitrogens with two attached hydrogens (primary N) is 2. The van der Waals surface area contributed by atoms with Gasteiger partial charge < -0.3 is 16.6 Å². The Hall–Kier alpha value is -9.85. The molecular weight excluding hydrogens is 1090 g/mol. The van der Waals surface area contributed by atoms with Gasteiger partial charge in [-0.2, -0.15) is 52.7 Å². The van der Waals surface area contributed by atoms with Crippen LogP contribution >= 0.6 is 0 Å². The van der Waals surface area contributed by atoms with Gasteiger partial charge in [0.2, 0.25) is 11.6 Å². The summed E-state index contributed by atoms with van der Waals surface area (Å²) in [7, 11) is 0. The number of carbonyl (C=O) groups excluding carboxylic acids is 2. The van der Waals surface area contributed by atoms with Gasteiger partial charge in [-0.1, -0.05) is 146 Å². The van der Waals surface area contributed by atoms with Gasteiger partial charge >= 0.3 is 24.7 Å². The third-order valence-electron chi connectivity index (χ3n) is 12.5. The van der Waals surface area contributed by atoms with Crippen LogP contribution in [0, 0.1) is 0 Å². The molecular formula is C62H40F12N4O4. The zero-order chi connectivity index (χ0) is 59.5. The minimum Gasteiger partial charge on any atom is -0.481 e. The molecule has 0 atom stereocenters. The van der Waals surface area contributed by atoms with Crippen LogP contribution in [-0.2, 0) is 29.5 Å². The quantitative estimate of drug-likeness (QED) is 0.0667. The average molecular weight is 1130 g/mol. The highest BCUT2D eigenvalue weighted by atomic mass is 19.4. The number of alkyl halides is 12. The number of carboxylic acids is 1. The van der Waals surface area contributed by atoms with E-state index in [9.17, 15) is 62.3 Å². The fourth-order valence-corrected chi connectivity index (χ4v) is 8.61. The Bertz CT molecular complexity index is 4160. The summed E-state index contributed by atoms with van der Waals surface area (Å²) < 4.78 is 156. The lowest BCUT2D eigenvalue weighted by molar-refractivity contribution is -0.144. The number of benzene rings is 10. The maximum absolute atomic E-state index is 14.0. The van der Waals surface area contributed by atoms with Gasteiger partial charge in [0, 0.05) is 29.2 Å². The number of halogens is 12. The van der Waals surface area contributed by atoms with Crippen LogP contribution in [0.15, 0.2) is 194 Å². The molecule has 0 amide bonds. The number of nitrogen functional groups attached to an aromatic ring is 2. The predicted octanol–water partition coefficient (Wildman–Crippen LogP) is 17.3. The summed E-state index contributed by atoms with van der Waals surface area (Å²) in [6, 6.07) is 52.9. The molecule has 11 rings (SSSR count). The third-order valence-corrected chi connectivity index (χ3v) is 12.5. The molecule has 0 radical (unpaired) electrons. The molecule has 0 unspecified atom stereocenters. The third kappa shape index (κ3) is 13.4. The standard InChI is InChI=1S/C30H16F6N2.C22H14O2.C8H6F6N2.C2H4O2/c31-29(32,33)23-15-24(30(34,35)36)28-25(16-23)37-26(21-11-9-17-5-1-3-7-19(17)13-21)27(38-28)22-12-10-18-6-2-4-8-20(18)14-22;23-21(19-11-9-15-5-1-3-7-17(15)13-19)22(24)20-12-10-16-6-2-4-8-18(16)14-20;9-7(10,11)3-1-4(8(12,13)14)6(16)5(15)2-3;1-2(3)4/h1-16H;1-14H;1-2H,15-16H2;1H3,(H,3,4). The lowest BCUT2D eigenvalue weighted by Crippen LogP contribution is -2.15. The second-order valence-electron chi connectivity index (χ2n) is 18.3. The number of nitrogens with zero attached hydrogens (tertiary/aromatic N) is 2. The second kappa shape index (κ2) is 23.1. The van der Waals surface area contributed by atoms with E-state index in [1.54, 1.807) is 48.5 Å². The van der Waals surface area contributed by atoms with Gasteiger partial charge in [0.1, 0.15) is 5.52 Å². The number of ketones is 2. The van der Waals surface area contributed by atoms with Crippen molar-refractivity contribution < 1.29 is 72.2 Å². The molecule has 5 N–H and O–H groups in total. The second-order valence-corrected chi connectivity index (χ2v) is 18.3. The minimum absolute atomic E-state index is 0.0638. The number of fused-ring (bicyclic) bond motifs is 5. The van der Waals surface area contributed by atoms with Gasteiger partial charge in [0.25, 0.3) is 5.97 Å². The molecule has 416 valence electrons. The van der Waals surface area contributed by atoms with Crippen molar-refractivity contribution in [2.45, 2.75) is 31.6 Å². The zero-order valence-electron chi connectivity index (χ0n) is 42.2. The van der Waals surface area contributed by atoms with E-state index in [1.807, 2.05) is 121 Å². The molecule has 0 aliphatic rings. The first-order valence-electron chi connectivity index (χ1n) is 24.1. The molecule has 0 saturated carbocycles. The predicted molar refractivity (Wildman–Crippen MR) is 291 cm³/mol. The van der Waals surface area contributed by atoms with Crippen molar-refractivity contribution in [3.8, 4) is 22.5 Å². The van der Waals surface area contributed by atoms with Crippen LogP contribution in [0.3, 0.4) is 0 Å². The topological polar surface area (TPSA) is 149 Å². The van der Waals surface area contributed by atoms with E-state index in [2.05, 4.69) is 9.97 Å². The highest BCUT2D eigenvalue weighted by molar-refractivity contribution is 6.49. The van der Waals surface area contributed by atoms with E-state index in [-0.39, 0.29) is 23.5 Å². The molecule has 11 aromatic rings. The summed E-state index contributed by atoms with van der Waals surface area (Å²) in [5.41, 5.74) is 3.39. The fourth-order valence-electron chi connectivity index (χ4n) is 8.61. The van der Waals surface area contributed by atoms with Gasteiger partial charge in [-0.15, -0.1) is 0 Å². The van der Waals surface area contributed by atoms with Crippen molar-refractivity contribution >= 4 is 83.0 Å². The van der Waals surface area contributed by atoms with E-state index in [4.69, 9.17) is 21.4 Å². The molecule has 20 heteroatoms. The fraction of sp³-hybridized carbons (Fsp3) is 0.0806. The highest BCUT2D eigenvalue weighted by Crippen LogP contribution is 2.43. The van der Waals surface area contributed by atoms with E-state index >= 15 is 0 Å². The Morgan fingerprint density at radius 2 is 0.720 bits per heavy atom. The van der Waals surface area contributed by atoms with Crippen molar-refractivity contribution in [2.24, 2.45) is 0 Å². The SMILES string of the molecule is CC(=O)O.FC(F)(F)c1cc(C(F)(F)F)c2nc(-c3ccc4ccccc4c3)c(-c3ccc4ccccc4c3)nc2c1.Nc1cc(C(F)(F)F)cc(C(F)(F)F)c1N.O=C(C(=O)c1ccc2ccccc2c1)c1ccc2ccccc2c1. The number of hydrogen-bond donors (Lipinski definition) is 3. The van der Waals surface area contributed by atoms with Crippen LogP contribution in [0.2, 0.25) is 0 Å². The van der Waals surface area contributed by atoms with Gasteiger partial charge in [0.05, 0.1) is 50.5 Å². The summed E-state index contributed by atoms with van der Waals surface area (Å²) in [6.07, 6.45) is -19.9. The zero-order valence-corrected chi connectivity index (χ0v) is 42.2. The Morgan fingerprint density at radius 3 is 1.10 bits per heavy atom. The van der Waals surface area contributed by atoms with Crippen LogP contribution in [0.1, 0.15) is 49.9 Å². The summed E-state index contributed by atoms with van der Waals surface area (Å²) in [5.74, 6) is -1.79. The number of carbonyl (C=O) groups is 3. The van der Waals surface area contributed by atoms with E-state index in [0.717, 1.165) is 50.0 Å². The lowest BCUT2D eigenvalue weighted by Gasteiger charge is -2.17. The number of hydrogen-bond acceptors (Lipinski definition) is 7. The first-order chi connectivity index (χ1) is 38.6. The molecule has 0 aliphatic heterocycles. The normalized spacial score (nSPS) is 11.8. The molecule has 8 nitrogen and oxygen atoms in total. The summed E-state index contributed by atoms with van der Waals surface area (Å²) in [6.45, 7) is 1.08. The smallest absolute Gasteiger partial charge is 0.418 e. The Balaban J connectivity index is 0.000000170. The van der Waals surface area contributed by atoms with Crippen molar-refractivity contribution in [2.75, 3.05) is 11.5 Å².